The summed E-state index contributed by atoms with van der Waals surface area (Å²) in [5.74, 6) is -0.912. The number of amides is 2. The molecule has 2 unspecified atom stereocenters. The molecule has 3 N–H and O–H groups in total. The van der Waals surface area contributed by atoms with Crippen molar-refractivity contribution in [3.05, 3.63) is 18.5 Å². The third-order valence-electron chi connectivity index (χ3n) is 3.29. The fourth-order valence-corrected chi connectivity index (χ4v) is 2.34. The summed E-state index contributed by atoms with van der Waals surface area (Å²) in [7, 11) is 0. The lowest BCUT2D eigenvalue weighted by atomic mass is 9.96. The van der Waals surface area contributed by atoms with Gasteiger partial charge >= 0.3 is 12.0 Å². The van der Waals surface area contributed by atoms with Crippen LogP contribution in [0.25, 0.3) is 0 Å². The summed E-state index contributed by atoms with van der Waals surface area (Å²) in [4.78, 5) is 30.3. The molecule has 0 aromatic carbocycles. The summed E-state index contributed by atoms with van der Waals surface area (Å²) in [5.41, 5.74) is 0. The summed E-state index contributed by atoms with van der Waals surface area (Å²) in [6, 6.07) is 1.24. The Labute approximate surface area is 110 Å². The lowest BCUT2D eigenvalue weighted by Crippen LogP contribution is -2.36. The van der Waals surface area contributed by atoms with E-state index >= 15 is 0 Å². The van der Waals surface area contributed by atoms with E-state index in [1.165, 1.54) is 12.4 Å². The van der Waals surface area contributed by atoms with Crippen molar-refractivity contribution >= 4 is 17.9 Å². The molecule has 102 valence electrons. The highest BCUT2D eigenvalue weighted by Gasteiger charge is 2.32. The van der Waals surface area contributed by atoms with Crippen LogP contribution in [0.1, 0.15) is 19.3 Å². The molecule has 1 fully saturated rings. The van der Waals surface area contributed by atoms with Crippen molar-refractivity contribution in [2.45, 2.75) is 19.3 Å². The Morgan fingerprint density at radius 2 is 2.05 bits per heavy atom. The topological polar surface area (TPSA) is 104 Å². The first-order valence-corrected chi connectivity index (χ1v) is 6.21. The van der Waals surface area contributed by atoms with Crippen LogP contribution in [0.15, 0.2) is 18.5 Å². The molecule has 2 rings (SSSR count). The Morgan fingerprint density at radius 3 is 2.74 bits per heavy atom. The average molecular weight is 264 g/mol. The summed E-state index contributed by atoms with van der Waals surface area (Å²) >= 11 is 0. The predicted octanol–water partition coefficient (Wildman–Crippen LogP) is 1.10. The molecule has 1 aromatic rings. The maximum atomic E-state index is 11.6. The van der Waals surface area contributed by atoms with Gasteiger partial charge in [-0.1, -0.05) is 6.42 Å². The molecule has 0 bridgehead atoms. The number of rotatable bonds is 4. The quantitative estimate of drug-likeness (QED) is 0.755. The maximum absolute atomic E-state index is 11.6. The van der Waals surface area contributed by atoms with E-state index in [2.05, 4.69) is 20.6 Å². The number of aromatic nitrogens is 2. The summed E-state index contributed by atoms with van der Waals surface area (Å²) in [5, 5.41) is 14.2. The van der Waals surface area contributed by atoms with Gasteiger partial charge < -0.3 is 10.4 Å². The van der Waals surface area contributed by atoms with Gasteiger partial charge in [-0.3, -0.25) is 10.1 Å². The van der Waals surface area contributed by atoms with Gasteiger partial charge in [0.15, 0.2) is 0 Å². The van der Waals surface area contributed by atoms with E-state index in [1.54, 1.807) is 6.07 Å². The van der Waals surface area contributed by atoms with Gasteiger partial charge in [-0.25, -0.2) is 14.8 Å². The first kappa shape index (κ1) is 13.3. The van der Waals surface area contributed by atoms with Crippen LogP contribution in [-0.4, -0.2) is 33.6 Å². The van der Waals surface area contributed by atoms with Gasteiger partial charge in [0, 0.05) is 18.9 Å². The van der Waals surface area contributed by atoms with Crippen LogP contribution >= 0.6 is 0 Å². The predicted molar refractivity (Wildman–Crippen MR) is 67.5 cm³/mol. The van der Waals surface area contributed by atoms with Crippen molar-refractivity contribution in [1.82, 2.24) is 15.3 Å². The molecule has 1 aliphatic rings. The molecular formula is C12H16N4O3. The number of nitrogens with one attached hydrogen (secondary N) is 2. The molecule has 2 atom stereocenters. The number of carboxylic acids is 1. The van der Waals surface area contributed by atoms with E-state index < -0.39 is 12.0 Å². The van der Waals surface area contributed by atoms with Crippen LogP contribution in [0.2, 0.25) is 0 Å². The first-order valence-electron chi connectivity index (χ1n) is 6.21. The second kappa shape index (κ2) is 6.12. The zero-order valence-electron chi connectivity index (χ0n) is 10.4. The van der Waals surface area contributed by atoms with Gasteiger partial charge in [0.25, 0.3) is 0 Å². The number of hydrogen-bond donors (Lipinski definition) is 3. The van der Waals surface area contributed by atoms with Crippen LogP contribution in [0.4, 0.5) is 10.7 Å². The minimum atomic E-state index is -0.781. The van der Waals surface area contributed by atoms with Crippen LogP contribution in [0, 0.1) is 11.8 Å². The first-order chi connectivity index (χ1) is 9.16. The van der Waals surface area contributed by atoms with Crippen molar-refractivity contribution in [3.8, 4) is 0 Å². The normalized spacial score (nSPS) is 21.9. The second-order valence-electron chi connectivity index (χ2n) is 4.54. The number of hydrogen-bond acceptors (Lipinski definition) is 4. The van der Waals surface area contributed by atoms with Crippen molar-refractivity contribution in [1.29, 1.82) is 0 Å². The Hall–Kier alpha value is -2.18. The molecule has 0 aliphatic heterocycles. The van der Waals surface area contributed by atoms with Crippen LogP contribution in [0.3, 0.4) is 0 Å². The van der Waals surface area contributed by atoms with Crippen molar-refractivity contribution in [3.63, 3.8) is 0 Å². The summed E-state index contributed by atoms with van der Waals surface area (Å²) in [6.45, 7) is 0.357. The molecule has 0 radical (unpaired) electrons. The molecule has 7 nitrogen and oxygen atoms in total. The highest BCUT2D eigenvalue weighted by molar-refractivity contribution is 5.87. The Morgan fingerprint density at radius 1 is 1.32 bits per heavy atom. The van der Waals surface area contributed by atoms with Gasteiger partial charge in [-0.05, 0) is 24.8 Å². The van der Waals surface area contributed by atoms with Crippen molar-refractivity contribution in [2.75, 3.05) is 11.9 Å². The Balaban J connectivity index is 1.79. The zero-order chi connectivity index (χ0) is 13.7. The third-order valence-corrected chi connectivity index (χ3v) is 3.29. The van der Waals surface area contributed by atoms with Crippen molar-refractivity contribution in [2.24, 2.45) is 11.8 Å². The summed E-state index contributed by atoms with van der Waals surface area (Å²) < 4.78 is 0. The minimum Gasteiger partial charge on any atom is -0.481 e. The maximum Gasteiger partial charge on any atom is 0.321 e. The number of anilines is 1. The van der Waals surface area contributed by atoms with Gasteiger partial charge in [0.05, 0.1) is 5.92 Å². The average Bonchev–Trinajstić information content (AvgIpc) is 2.86. The SMILES string of the molecule is O=C(NCC1CCCC1C(=O)O)Nc1ncccn1. The van der Waals surface area contributed by atoms with E-state index in [0.717, 1.165) is 12.8 Å². The molecule has 0 saturated heterocycles. The van der Waals surface area contributed by atoms with E-state index in [1.807, 2.05) is 0 Å². The molecule has 1 saturated carbocycles. The molecule has 1 aliphatic carbocycles. The van der Waals surface area contributed by atoms with E-state index in [4.69, 9.17) is 5.11 Å². The van der Waals surface area contributed by atoms with E-state index in [9.17, 15) is 9.59 Å². The van der Waals surface area contributed by atoms with Gasteiger partial charge in [-0.2, -0.15) is 0 Å². The molecule has 7 heteroatoms. The zero-order valence-corrected chi connectivity index (χ0v) is 10.4. The molecular weight excluding hydrogens is 248 g/mol. The Kier molecular flexibility index (Phi) is 4.27. The number of carbonyl (C=O) groups excluding carboxylic acids is 1. The lowest BCUT2D eigenvalue weighted by molar-refractivity contribution is -0.142. The van der Waals surface area contributed by atoms with Crippen LogP contribution in [0.5, 0.6) is 0 Å². The monoisotopic (exact) mass is 264 g/mol. The van der Waals surface area contributed by atoms with Crippen LogP contribution < -0.4 is 10.6 Å². The molecule has 0 spiro atoms. The number of aliphatic carboxylic acids is 1. The second-order valence-corrected chi connectivity index (χ2v) is 4.54. The number of carboxylic acid groups (broad SMARTS) is 1. The van der Waals surface area contributed by atoms with Gasteiger partial charge in [0.2, 0.25) is 5.95 Å². The van der Waals surface area contributed by atoms with Gasteiger partial charge in [0.1, 0.15) is 0 Å². The molecule has 1 heterocycles. The number of nitrogens with zero attached hydrogens (tertiary/aromatic N) is 2. The Bertz CT molecular complexity index is 452. The minimum absolute atomic E-state index is 0.0000540. The number of urea groups is 1. The van der Waals surface area contributed by atoms with E-state index in [0.29, 0.717) is 13.0 Å². The van der Waals surface area contributed by atoms with E-state index in [-0.39, 0.29) is 17.8 Å². The lowest BCUT2D eigenvalue weighted by Gasteiger charge is -2.16. The fraction of sp³-hybridized carbons (Fsp3) is 0.500. The summed E-state index contributed by atoms with van der Waals surface area (Å²) in [6.07, 6.45) is 5.47. The van der Waals surface area contributed by atoms with Gasteiger partial charge in [-0.15, -0.1) is 0 Å². The molecule has 1 aromatic heterocycles. The highest BCUT2D eigenvalue weighted by atomic mass is 16.4. The standard InChI is InChI=1S/C12H16N4O3/c17-10(18)9-4-1-3-8(9)7-15-12(19)16-11-13-5-2-6-14-11/h2,5-6,8-9H,1,3-4,7H2,(H,17,18)(H2,13,14,15,16,19). The smallest absolute Gasteiger partial charge is 0.321 e. The number of carbonyl (C=O) groups is 2. The molecule has 19 heavy (non-hydrogen) atoms. The highest BCUT2D eigenvalue weighted by Crippen LogP contribution is 2.31. The third kappa shape index (κ3) is 3.64. The van der Waals surface area contributed by atoms with Crippen molar-refractivity contribution < 1.29 is 14.7 Å². The fourth-order valence-electron chi connectivity index (χ4n) is 2.34. The molecule has 2 amide bonds. The largest absolute Gasteiger partial charge is 0.481 e. The van der Waals surface area contributed by atoms with Crippen LogP contribution in [-0.2, 0) is 4.79 Å².